The lowest BCUT2D eigenvalue weighted by Gasteiger charge is -2.00. The van der Waals surface area contributed by atoms with Crippen molar-refractivity contribution in [3.05, 3.63) is 50.7 Å². The average Bonchev–Trinajstić information content (AvgIpc) is 2.81. The van der Waals surface area contributed by atoms with Gasteiger partial charge in [0.05, 0.1) is 9.90 Å². The van der Waals surface area contributed by atoms with Crippen molar-refractivity contribution >= 4 is 28.7 Å². The van der Waals surface area contributed by atoms with Gasteiger partial charge in [-0.25, -0.2) is 9.37 Å². The van der Waals surface area contributed by atoms with Crippen molar-refractivity contribution in [1.82, 2.24) is 4.98 Å². The van der Waals surface area contributed by atoms with E-state index >= 15 is 0 Å². The summed E-state index contributed by atoms with van der Waals surface area (Å²) in [4.78, 5) is 14.8. The number of alkyl halides is 3. The van der Waals surface area contributed by atoms with E-state index in [0.717, 1.165) is 18.3 Å². The Morgan fingerprint density at radius 2 is 2.00 bits per heavy atom. The van der Waals surface area contributed by atoms with Crippen molar-refractivity contribution in [1.29, 1.82) is 0 Å². The molecule has 100 valence electrons. The van der Waals surface area contributed by atoms with Gasteiger partial charge in [0.25, 0.3) is 0 Å². The maximum atomic E-state index is 13.2. The van der Waals surface area contributed by atoms with Crippen LogP contribution in [0.1, 0.15) is 20.2 Å². The van der Waals surface area contributed by atoms with Crippen LogP contribution in [0, 0.1) is 5.82 Å². The molecule has 2 rings (SSSR count). The van der Waals surface area contributed by atoms with Crippen LogP contribution in [0.5, 0.6) is 0 Å². The summed E-state index contributed by atoms with van der Waals surface area (Å²) < 4.78 is 50.2. The number of carbonyl (C=O) groups excluding carboxylic acids is 1. The van der Waals surface area contributed by atoms with Gasteiger partial charge in [0.1, 0.15) is 5.82 Å². The monoisotopic (exact) mass is 309 g/mol. The Morgan fingerprint density at radius 3 is 2.53 bits per heavy atom. The van der Waals surface area contributed by atoms with Crippen LogP contribution >= 0.6 is 22.9 Å². The molecule has 0 unspecified atom stereocenters. The first kappa shape index (κ1) is 14.0. The standard InChI is InChI=1S/C11H4ClF4NOS/c12-6-2-1-5(3-7(6)13)9(18)8-4-17-10(19-8)11(14,15)16/h1-4H. The van der Waals surface area contributed by atoms with Crippen molar-refractivity contribution in [3.8, 4) is 0 Å². The Kier molecular flexibility index (Phi) is 3.60. The highest BCUT2D eigenvalue weighted by Gasteiger charge is 2.35. The number of hydrogen-bond acceptors (Lipinski definition) is 3. The maximum Gasteiger partial charge on any atom is 0.443 e. The molecule has 0 fully saturated rings. The summed E-state index contributed by atoms with van der Waals surface area (Å²) in [5.74, 6) is -1.54. The minimum Gasteiger partial charge on any atom is -0.288 e. The van der Waals surface area contributed by atoms with Gasteiger partial charge in [0.2, 0.25) is 5.78 Å². The lowest BCUT2D eigenvalue weighted by molar-refractivity contribution is -0.137. The molecule has 1 aromatic carbocycles. The minimum atomic E-state index is -4.60. The van der Waals surface area contributed by atoms with Gasteiger partial charge >= 0.3 is 6.18 Å². The van der Waals surface area contributed by atoms with Gasteiger partial charge in [-0.3, -0.25) is 4.79 Å². The van der Waals surface area contributed by atoms with Gasteiger partial charge in [-0.1, -0.05) is 11.6 Å². The van der Waals surface area contributed by atoms with E-state index in [-0.39, 0.29) is 26.8 Å². The van der Waals surface area contributed by atoms with E-state index < -0.39 is 22.8 Å². The van der Waals surface area contributed by atoms with Crippen molar-refractivity contribution in [3.63, 3.8) is 0 Å². The Hall–Kier alpha value is -1.47. The van der Waals surface area contributed by atoms with Crippen molar-refractivity contribution in [2.75, 3.05) is 0 Å². The molecule has 0 bridgehead atoms. The van der Waals surface area contributed by atoms with Crippen LogP contribution < -0.4 is 0 Å². The Morgan fingerprint density at radius 1 is 1.32 bits per heavy atom. The predicted octanol–water partition coefficient (Wildman–Crippen LogP) is 4.19. The fourth-order valence-electron chi connectivity index (χ4n) is 1.29. The summed E-state index contributed by atoms with van der Waals surface area (Å²) in [7, 11) is 0. The maximum absolute atomic E-state index is 13.2. The number of hydrogen-bond donors (Lipinski definition) is 0. The normalized spacial score (nSPS) is 11.6. The number of ketones is 1. The summed E-state index contributed by atoms with van der Waals surface area (Å²) in [6.07, 6.45) is -3.78. The topological polar surface area (TPSA) is 30.0 Å². The van der Waals surface area contributed by atoms with Crippen LogP contribution in [-0.4, -0.2) is 10.8 Å². The van der Waals surface area contributed by atoms with Gasteiger partial charge in [-0.05, 0) is 18.2 Å². The lowest BCUT2D eigenvalue weighted by atomic mass is 10.1. The fraction of sp³-hybridized carbons (Fsp3) is 0.0909. The third-order valence-corrected chi connectivity index (χ3v) is 3.50. The highest BCUT2D eigenvalue weighted by atomic mass is 35.5. The number of nitrogens with zero attached hydrogens (tertiary/aromatic N) is 1. The molecule has 0 saturated heterocycles. The van der Waals surface area contributed by atoms with Crippen molar-refractivity contribution in [2.24, 2.45) is 0 Å². The van der Waals surface area contributed by atoms with Crippen LogP contribution in [0.4, 0.5) is 17.6 Å². The van der Waals surface area contributed by atoms with E-state index in [2.05, 4.69) is 4.98 Å². The Balaban J connectivity index is 2.34. The van der Waals surface area contributed by atoms with Gasteiger partial charge in [-0.2, -0.15) is 13.2 Å². The first-order chi connectivity index (χ1) is 8.79. The van der Waals surface area contributed by atoms with Gasteiger partial charge in [0, 0.05) is 11.8 Å². The summed E-state index contributed by atoms with van der Waals surface area (Å²) in [6.45, 7) is 0. The zero-order valence-corrected chi connectivity index (χ0v) is 10.5. The molecule has 0 N–H and O–H groups in total. The summed E-state index contributed by atoms with van der Waals surface area (Å²) in [5, 5.41) is -1.29. The number of halogens is 5. The predicted molar refractivity (Wildman–Crippen MR) is 62.0 cm³/mol. The lowest BCUT2D eigenvalue weighted by Crippen LogP contribution is -2.03. The van der Waals surface area contributed by atoms with E-state index in [9.17, 15) is 22.4 Å². The first-order valence-electron chi connectivity index (χ1n) is 4.82. The molecule has 0 aliphatic carbocycles. The van der Waals surface area contributed by atoms with Gasteiger partial charge in [0.15, 0.2) is 5.01 Å². The van der Waals surface area contributed by atoms with E-state index in [1.54, 1.807) is 0 Å². The molecule has 1 heterocycles. The second-order valence-corrected chi connectivity index (χ2v) is 4.92. The molecule has 0 aliphatic rings. The van der Waals surface area contributed by atoms with E-state index in [1.165, 1.54) is 6.07 Å². The molecule has 0 amide bonds. The van der Waals surface area contributed by atoms with Crippen LogP contribution in [-0.2, 0) is 6.18 Å². The molecule has 1 aromatic heterocycles. The Labute approximate surface area is 113 Å². The van der Waals surface area contributed by atoms with Crippen LogP contribution in [0.2, 0.25) is 5.02 Å². The minimum absolute atomic E-state index is 0.0840. The SMILES string of the molecule is O=C(c1ccc(Cl)c(F)c1)c1cnc(C(F)(F)F)s1. The summed E-state index contributed by atoms with van der Waals surface area (Å²) in [5.41, 5.74) is -0.0840. The second-order valence-electron chi connectivity index (χ2n) is 3.49. The molecule has 0 radical (unpaired) electrons. The number of rotatable bonds is 2. The molecule has 0 aliphatic heterocycles. The Bertz CT molecular complexity index is 638. The fourth-order valence-corrected chi connectivity index (χ4v) is 2.15. The molecule has 2 nitrogen and oxygen atoms in total. The average molecular weight is 310 g/mol. The molecule has 0 spiro atoms. The third kappa shape index (κ3) is 2.93. The van der Waals surface area contributed by atoms with Crippen molar-refractivity contribution in [2.45, 2.75) is 6.18 Å². The quantitative estimate of drug-likeness (QED) is 0.615. The zero-order valence-electron chi connectivity index (χ0n) is 8.96. The number of aromatic nitrogens is 1. The van der Waals surface area contributed by atoms with E-state index in [4.69, 9.17) is 11.6 Å². The van der Waals surface area contributed by atoms with E-state index in [0.29, 0.717) is 0 Å². The van der Waals surface area contributed by atoms with Gasteiger partial charge in [-0.15, -0.1) is 11.3 Å². The molecule has 0 saturated carbocycles. The zero-order chi connectivity index (χ0) is 14.2. The molecule has 0 atom stereocenters. The summed E-state index contributed by atoms with van der Waals surface area (Å²) in [6, 6.07) is 3.27. The second kappa shape index (κ2) is 4.90. The van der Waals surface area contributed by atoms with Crippen LogP contribution in [0.3, 0.4) is 0 Å². The highest BCUT2D eigenvalue weighted by Crippen LogP contribution is 2.33. The van der Waals surface area contributed by atoms with Crippen molar-refractivity contribution < 1.29 is 22.4 Å². The number of carbonyl (C=O) groups is 1. The van der Waals surface area contributed by atoms with Crippen LogP contribution in [0.15, 0.2) is 24.4 Å². The van der Waals surface area contributed by atoms with E-state index in [1.807, 2.05) is 0 Å². The molecular formula is C11H4ClF4NOS. The smallest absolute Gasteiger partial charge is 0.288 e. The van der Waals surface area contributed by atoms with Gasteiger partial charge < -0.3 is 0 Å². The number of benzene rings is 1. The molecular weight excluding hydrogens is 306 g/mol. The highest BCUT2D eigenvalue weighted by molar-refractivity contribution is 7.13. The largest absolute Gasteiger partial charge is 0.443 e. The number of thiazole rings is 1. The molecule has 8 heteroatoms. The van der Waals surface area contributed by atoms with Crippen LogP contribution in [0.25, 0.3) is 0 Å². The molecule has 2 aromatic rings. The summed E-state index contributed by atoms with van der Waals surface area (Å²) >= 11 is 5.66. The molecule has 19 heavy (non-hydrogen) atoms. The first-order valence-corrected chi connectivity index (χ1v) is 6.01. The third-order valence-electron chi connectivity index (χ3n) is 2.15.